The van der Waals surface area contributed by atoms with Gasteiger partial charge in [0.1, 0.15) is 5.82 Å². The number of aromatic hydroxyl groups is 1. The van der Waals surface area contributed by atoms with Crippen LogP contribution in [0.3, 0.4) is 0 Å². The van der Waals surface area contributed by atoms with Crippen LogP contribution in [0.4, 0.5) is 4.39 Å². The number of piperidine rings is 1. The molecule has 0 saturated carbocycles. The van der Waals surface area contributed by atoms with Gasteiger partial charge in [0.25, 0.3) is 0 Å². The molecule has 0 amide bonds. The van der Waals surface area contributed by atoms with Crippen LogP contribution < -0.4 is 0 Å². The maximum Gasteiger partial charge on any atom is 0.308 e. The molecular formula is C22H21FN4O4S. The van der Waals surface area contributed by atoms with Gasteiger partial charge < -0.3 is 14.3 Å². The molecule has 1 aliphatic rings. The van der Waals surface area contributed by atoms with E-state index in [2.05, 4.69) is 15.0 Å². The number of ether oxygens (including phenoxy) is 1. The Kier molecular flexibility index (Phi) is 5.40. The topological polar surface area (TPSA) is 93.1 Å². The number of carbonyl (C=O) groups excluding carboxylic acids is 1. The van der Waals surface area contributed by atoms with Crippen LogP contribution in [-0.4, -0.2) is 50.8 Å². The fourth-order valence-corrected chi connectivity index (χ4v) is 5.29. The van der Waals surface area contributed by atoms with E-state index in [-0.39, 0.29) is 29.6 Å². The molecule has 0 unspecified atom stereocenters. The highest BCUT2D eigenvalue weighted by Crippen LogP contribution is 2.41. The molecule has 4 aromatic rings. The number of furan rings is 1. The Balaban J connectivity index is 1.51. The summed E-state index contributed by atoms with van der Waals surface area (Å²) in [5, 5.41) is 15.5. The van der Waals surface area contributed by atoms with Crippen LogP contribution in [0.25, 0.3) is 16.5 Å². The zero-order chi connectivity index (χ0) is 22.2. The van der Waals surface area contributed by atoms with Crippen LogP contribution in [0.1, 0.15) is 29.3 Å². The van der Waals surface area contributed by atoms with Gasteiger partial charge in [-0.05, 0) is 55.8 Å². The van der Waals surface area contributed by atoms with Gasteiger partial charge in [-0.15, -0.1) is 5.10 Å². The maximum absolute atomic E-state index is 13.6. The fourth-order valence-electron chi connectivity index (χ4n) is 4.17. The maximum atomic E-state index is 13.6. The molecule has 4 heterocycles. The number of fused-ring (bicyclic) bond motifs is 1. The molecule has 1 saturated heterocycles. The van der Waals surface area contributed by atoms with Gasteiger partial charge in [0.2, 0.25) is 16.7 Å². The SMILES string of the molecule is COC(=O)C1CCN([C@@H](c2ccc(F)cc2)c2sc3nc(-c4ccco4)nn3c2O)CC1. The van der Waals surface area contributed by atoms with Crippen molar-refractivity contribution in [2.45, 2.75) is 18.9 Å². The van der Waals surface area contributed by atoms with E-state index in [0.717, 1.165) is 5.56 Å². The Labute approximate surface area is 186 Å². The van der Waals surface area contributed by atoms with Crippen molar-refractivity contribution < 1.29 is 23.4 Å². The molecule has 1 fully saturated rings. The summed E-state index contributed by atoms with van der Waals surface area (Å²) in [5.41, 5.74) is 0.842. The standard InChI is InChI=1S/C22H21FN4O4S/c1-30-21(29)14-8-10-26(11-9-14)17(13-4-6-15(23)7-5-13)18-20(28)27-22(32-18)24-19(25-27)16-3-2-12-31-16/h2-7,12,14,17,28H,8-11H2,1H3/t17-/m0/s1. The summed E-state index contributed by atoms with van der Waals surface area (Å²) in [6, 6.07) is 9.43. The summed E-state index contributed by atoms with van der Waals surface area (Å²) in [6.45, 7) is 1.26. The van der Waals surface area contributed by atoms with Crippen LogP contribution in [0, 0.1) is 11.7 Å². The minimum atomic E-state index is -0.327. The first kappa shape index (κ1) is 20.7. The monoisotopic (exact) mass is 456 g/mol. The van der Waals surface area contributed by atoms with Crippen LogP contribution in [0.5, 0.6) is 5.88 Å². The number of methoxy groups -OCH3 is 1. The lowest BCUT2D eigenvalue weighted by molar-refractivity contribution is -0.147. The van der Waals surface area contributed by atoms with Crippen LogP contribution in [-0.2, 0) is 9.53 Å². The Hall–Kier alpha value is -3.24. The summed E-state index contributed by atoms with van der Waals surface area (Å²) in [7, 11) is 1.40. The van der Waals surface area contributed by atoms with Crippen molar-refractivity contribution in [1.29, 1.82) is 0 Å². The molecule has 0 spiro atoms. The van der Waals surface area contributed by atoms with Gasteiger partial charge >= 0.3 is 5.97 Å². The van der Waals surface area contributed by atoms with E-state index in [1.54, 1.807) is 24.3 Å². The highest BCUT2D eigenvalue weighted by Gasteiger charge is 2.34. The molecule has 3 aromatic heterocycles. The van der Waals surface area contributed by atoms with E-state index in [1.165, 1.54) is 41.4 Å². The number of hydrogen-bond donors (Lipinski definition) is 1. The van der Waals surface area contributed by atoms with Crippen molar-refractivity contribution in [2.75, 3.05) is 20.2 Å². The second kappa shape index (κ2) is 8.36. The number of halogens is 1. The van der Waals surface area contributed by atoms with Crippen molar-refractivity contribution in [1.82, 2.24) is 19.5 Å². The molecule has 1 N–H and O–H groups in total. The quantitative estimate of drug-likeness (QED) is 0.456. The molecule has 0 radical (unpaired) electrons. The van der Waals surface area contributed by atoms with Crippen molar-refractivity contribution in [3.8, 4) is 17.5 Å². The predicted molar refractivity (Wildman–Crippen MR) is 115 cm³/mol. The van der Waals surface area contributed by atoms with Crippen LogP contribution in [0.15, 0.2) is 47.1 Å². The highest BCUT2D eigenvalue weighted by molar-refractivity contribution is 7.17. The highest BCUT2D eigenvalue weighted by atomic mass is 32.1. The first-order chi connectivity index (χ1) is 15.5. The third kappa shape index (κ3) is 3.65. The zero-order valence-corrected chi connectivity index (χ0v) is 18.1. The van der Waals surface area contributed by atoms with Gasteiger partial charge in [-0.25, -0.2) is 4.39 Å². The number of rotatable bonds is 5. The normalized spacial score (nSPS) is 16.4. The van der Waals surface area contributed by atoms with Gasteiger partial charge in [0.15, 0.2) is 5.76 Å². The lowest BCUT2D eigenvalue weighted by atomic mass is 9.93. The van der Waals surface area contributed by atoms with Crippen LogP contribution in [0.2, 0.25) is 0 Å². The second-order valence-electron chi connectivity index (χ2n) is 7.68. The summed E-state index contributed by atoms with van der Waals surface area (Å²) >= 11 is 1.33. The Morgan fingerprint density at radius 2 is 2.03 bits per heavy atom. The van der Waals surface area contributed by atoms with E-state index in [9.17, 15) is 14.3 Å². The minimum absolute atomic E-state index is 0.0141. The number of thiazole rings is 1. The molecule has 10 heteroatoms. The molecule has 0 bridgehead atoms. The van der Waals surface area contributed by atoms with E-state index in [4.69, 9.17) is 9.15 Å². The predicted octanol–water partition coefficient (Wildman–Crippen LogP) is 3.87. The summed E-state index contributed by atoms with van der Waals surface area (Å²) in [4.78, 5) is 19.8. The van der Waals surface area contributed by atoms with Gasteiger partial charge in [-0.3, -0.25) is 9.69 Å². The Morgan fingerprint density at radius 3 is 2.66 bits per heavy atom. The number of hydrogen-bond acceptors (Lipinski definition) is 8. The average Bonchev–Trinajstić information content (AvgIpc) is 3.54. The molecule has 166 valence electrons. The van der Waals surface area contributed by atoms with Gasteiger partial charge in [0, 0.05) is 0 Å². The van der Waals surface area contributed by atoms with Crippen molar-refractivity contribution >= 4 is 22.3 Å². The van der Waals surface area contributed by atoms with E-state index in [0.29, 0.717) is 47.4 Å². The van der Waals surface area contributed by atoms with Crippen LogP contribution >= 0.6 is 11.3 Å². The Bertz CT molecular complexity index is 1230. The molecular weight excluding hydrogens is 435 g/mol. The number of esters is 1. The third-order valence-corrected chi connectivity index (χ3v) is 6.88. The lowest BCUT2D eigenvalue weighted by Gasteiger charge is -2.36. The average molecular weight is 456 g/mol. The molecule has 32 heavy (non-hydrogen) atoms. The number of likely N-dealkylation sites (tertiary alicyclic amines) is 1. The van der Waals surface area contributed by atoms with Gasteiger partial charge in [0.05, 0.1) is 30.2 Å². The van der Waals surface area contributed by atoms with Crippen molar-refractivity contribution in [2.24, 2.45) is 5.92 Å². The third-order valence-electron chi connectivity index (χ3n) is 5.80. The van der Waals surface area contributed by atoms with Gasteiger partial charge in [-0.1, -0.05) is 23.5 Å². The second-order valence-corrected chi connectivity index (χ2v) is 8.69. The molecule has 0 aliphatic carbocycles. The van der Waals surface area contributed by atoms with Gasteiger partial charge in [-0.2, -0.15) is 9.50 Å². The number of carbonyl (C=O) groups is 1. The molecule has 1 aliphatic heterocycles. The number of aromatic nitrogens is 3. The first-order valence-electron chi connectivity index (χ1n) is 10.2. The molecule has 1 aromatic carbocycles. The fraction of sp³-hybridized carbons (Fsp3) is 0.318. The van der Waals surface area contributed by atoms with Crippen molar-refractivity contribution in [3.63, 3.8) is 0 Å². The molecule has 1 atom stereocenters. The number of nitrogens with zero attached hydrogens (tertiary/aromatic N) is 4. The summed E-state index contributed by atoms with van der Waals surface area (Å²) in [6.07, 6.45) is 2.83. The first-order valence-corrected chi connectivity index (χ1v) is 11.1. The summed E-state index contributed by atoms with van der Waals surface area (Å²) in [5.74, 6) is 0.223. The lowest BCUT2D eigenvalue weighted by Crippen LogP contribution is -2.39. The molecule has 5 rings (SSSR count). The smallest absolute Gasteiger partial charge is 0.308 e. The molecule has 8 nitrogen and oxygen atoms in total. The van der Waals surface area contributed by atoms with E-state index >= 15 is 0 Å². The Morgan fingerprint density at radius 1 is 1.28 bits per heavy atom. The van der Waals surface area contributed by atoms with E-state index < -0.39 is 0 Å². The number of benzene rings is 1. The summed E-state index contributed by atoms with van der Waals surface area (Å²) < 4.78 is 25.3. The minimum Gasteiger partial charge on any atom is -0.492 e. The van der Waals surface area contributed by atoms with E-state index in [1.807, 2.05) is 0 Å². The van der Waals surface area contributed by atoms with Crippen molar-refractivity contribution in [3.05, 3.63) is 58.9 Å². The largest absolute Gasteiger partial charge is 0.492 e. The zero-order valence-electron chi connectivity index (χ0n) is 17.3.